The van der Waals surface area contributed by atoms with Crippen molar-refractivity contribution in [3.63, 3.8) is 0 Å². The van der Waals surface area contributed by atoms with Crippen LogP contribution < -0.4 is 0 Å². The fraction of sp³-hybridized carbons (Fsp3) is 0. The second kappa shape index (κ2) is 19.8. The first-order chi connectivity index (χ1) is 2.00. The van der Waals surface area contributed by atoms with Gasteiger partial charge in [0.25, 0.3) is 0 Å². The molecule has 0 aliphatic carbocycles. The van der Waals surface area contributed by atoms with Crippen molar-refractivity contribution in [1.29, 1.82) is 0 Å². The summed E-state index contributed by atoms with van der Waals surface area (Å²) < 4.78 is 0. The van der Waals surface area contributed by atoms with Gasteiger partial charge in [-0.3, -0.25) is 0 Å². The molecule has 4 N–H and O–H groups in total. The Morgan fingerprint density at radius 2 is 1.00 bits per heavy atom. The third kappa shape index (κ3) is 72.1. The van der Waals surface area contributed by atoms with Crippen molar-refractivity contribution in [1.82, 2.24) is 0 Å². The summed E-state index contributed by atoms with van der Waals surface area (Å²) in [4.78, 5) is 29.3. The van der Waals surface area contributed by atoms with Gasteiger partial charge < -0.3 is 19.2 Å². The third-order valence-corrected chi connectivity index (χ3v) is 0. The van der Waals surface area contributed by atoms with E-state index >= 15 is 0 Å². The molecule has 0 heterocycles. The molecule has 4 nitrogen and oxygen atoms in total. The van der Waals surface area contributed by atoms with Crippen LogP contribution in [0.3, 0.4) is 0 Å². The molecule has 0 rings (SSSR count). The molecule has 0 atom stereocenters. The van der Waals surface area contributed by atoms with Gasteiger partial charge >= 0.3 is 151 Å². The van der Waals surface area contributed by atoms with Crippen LogP contribution in [0.5, 0.6) is 0 Å². The van der Waals surface area contributed by atoms with E-state index in [0.717, 1.165) is 0 Å². The van der Waals surface area contributed by atoms with E-state index < -0.39 is 9.05 Å². The number of hydrogen-bond donors (Lipinski definition) is 4. The van der Waals surface area contributed by atoms with Crippen LogP contribution in [0.25, 0.3) is 0 Å². The summed E-state index contributed by atoms with van der Waals surface area (Å²) in [5.74, 6) is 0. The molecule has 10 heteroatoms. The fourth-order valence-electron chi connectivity index (χ4n) is 0. The van der Waals surface area contributed by atoms with Crippen molar-refractivity contribution in [3.05, 3.63) is 0 Å². The van der Waals surface area contributed by atoms with Crippen LogP contribution in [-0.4, -0.2) is 187 Å². The molecule has 0 unspecified atom stereocenters. The van der Waals surface area contributed by atoms with Crippen molar-refractivity contribution in [2.24, 2.45) is 0 Å². The van der Waals surface area contributed by atoms with Gasteiger partial charge in [-0.1, -0.05) is 0 Å². The molecule has 52 valence electrons. The molecule has 10 heavy (non-hydrogen) atoms. The van der Waals surface area contributed by atoms with Gasteiger partial charge in [0, 0.05) is 1.43 Å². The molecule has 0 bridgehead atoms. The number of rotatable bonds is 0. The zero-order valence-electron chi connectivity index (χ0n) is 2.29. The van der Waals surface area contributed by atoms with Crippen molar-refractivity contribution in [3.8, 4) is 0 Å². The van der Waals surface area contributed by atoms with Crippen LogP contribution in [0.1, 0.15) is 1.43 Å². The topological polar surface area (TPSA) is 80.9 Å². The van der Waals surface area contributed by atoms with Crippen molar-refractivity contribution in [2.75, 3.05) is 0 Å². The van der Waals surface area contributed by atoms with E-state index in [-0.39, 0.29) is 161 Å². The normalized spacial score (nSPS) is 6.00. The molecular weight excluding hydrogens is 246 g/mol. The van der Waals surface area contributed by atoms with Gasteiger partial charge in [0.15, 0.2) is 17.4 Å². The van der Waals surface area contributed by atoms with E-state index in [0.29, 0.717) is 0 Å². The van der Waals surface area contributed by atoms with Gasteiger partial charge in [-0.15, -0.1) is 0 Å². The average molecular weight is 261 g/mol. The molecule has 0 fully saturated rings. The Bertz CT molecular complexity index is 45.6. The molecule has 0 radical (unpaired) electrons. The van der Waals surface area contributed by atoms with E-state index in [4.69, 9.17) is 19.2 Å². The first-order valence-corrected chi connectivity index (χ1v) is 2.68. The second-order valence-electron chi connectivity index (χ2n) is 0.600. The predicted molar refractivity (Wildman–Crippen MR) is 58.1 cm³/mol. The van der Waals surface area contributed by atoms with Crippen LogP contribution in [-0.2, 0) is 0 Å². The van der Waals surface area contributed by atoms with Gasteiger partial charge in [0.2, 0.25) is 0 Å². The zero-order valence-corrected chi connectivity index (χ0v) is 3.29. The molecule has 0 aromatic carbocycles. The summed E-state index contributed by atoms with van der Waals surface area (Å²) in [6.07, 6.45) is 0. The van der Waals surface area contributed by atoms with E-state index in [1.807, 2.05) is 0 Å². The molecule has 0 aliphatic rings. The van der Waals surface area contributed by atoms with Crippen molar-refractivity contribution in [2.45, 2.75) is 0 Å². The van der Waals surface area contributed by atoms with E-state index in [2.05, 4.69) is 0 Å². The van der Waals surface area contributed by atoms with Crippen LogP contribution in [0, 0.1) is 0 Å². The van der Waals surface area contributed by atoms with E-state index in [9.17, 15) is 0 Å². The Balaban J connectivity index is -0.00000000533. The third-order valence-electron chi connectivity index (χ3n) is 0. The first kappa shape index (κ1) is 36.2. The molecule has 0 saturated heterocycles. The Morgan fingerprint density at radius 3 is 1.00 bits per heavy atom. The van der Waals surface area contributed by atoms with Gasteiger partial charge in [-0.2, -0.15) is 0 Å². The van der Waals surface area contributed by atoms with Crippen LogP contribution in [0.2, 0.25) is 0 Å². The molecule has 0 amide bonds. The van der Waals surface area contributed by atoms with E-state index in [1.54, 1.807) is 0 Å². The maximum atomic E-state index is 7.33. The predicted octanol–water partition coefficient (Wildman–Crippen LogP) is -6.68. The zero-order chi connectivity index (χ0) is 4.50. The average Bonchev–Trinajstić information content (AvgIpc) is 0.722. The first-order valence-electron chi connectivity index (χ1n) is 0.894. The number of hydrogen-bond acceptors (Lipinski definition) is 4. The standard InChI is InChI=1S/Al.Ca.K.Mg.Na.H4O4Si.H2.9H/c;;;;;1-5(2,3)4;;;;;;;;;;/h;;;;;1-4H;1H;;;;;;;;;. The summed E-state index contributed by atoms with van der Waals surface area (Å²) in [7, 11) is -4.61. The maximum absolute atomic E-state index is 7.33. The quantitative estimate of drug-likeness (QED) is 0.327. The Kier molecular flexibility index (Phi) is 71.5. The van der Waals surface area contributed by atoms with Crippen molar-refractivity contribution < 1.29 is 20.6 Å². The fourth-order valence-corrected chi connectivity index (χ4v) is 0. The summed E-state index contributed by atoms with van der Waals surface area (Å²) in [5, 5.41) is 0. The van der Waals surface area contributed by atoms with Crippen LogP contribution in [0.4, 0.5) is 0 Å². The van der Waals surface area contributed by atoms with E-state index in [1.165, 1.54) is 0 Å². The Morgan fingerprint density at radius 1 is 1.00 bits per heavy atom. The second-order valence-corrected chi connectivity index (χ2v) is 1.80. The Labute approximate surface area is 184 Å². The van der Waals surface area contributed by atoms with Crippen LogP contribution in [0.15, 0.2) is 0 Å². The summed E-state index contributed by atoms with van der Waals surface area (Å²) in [5.41, 5.74) is 0. The van der Waals surface area contributed by atoms with Gasteiger partial charge in [-0.05, 0) is 0 Å². The monoisotopic (exact) mass is 260 g/mol. The van der Waals surface area contributed by atoms with Gasteiger partial charge in [0.1, 0.15) is 0 Å². The van der Waals surface area contributed by atoms with Gasteiger partial charge in [-0.25, -0.2) is 0 Å². The summed E-state index contributed by atoms with van der Waals surface area (Å²) in [6.45, 7) is 0. The van der Waals surface area contributed by atoms with Crippen molar-refractivity contribution >= 4 is 168 Å². The minimum atomic E-state index is -4.61. The SMILES string of the molecule is O[Si](O)(O)O.[AlH3].[CaH2].[HH].[KH].[MgH2].[NaH]. The molecule has 0 aromatic heterocycles. The summed E-state index contributed by atoms with van der Waals surface area (Å²) in [6, 6.07) is 0. The summed E-state index contributed by atoms with van der Waals surface area (Å²) >= 11 is 0. The molecule has 0 aromatic rings. The minimum absolute atomic E-state index is 0. The molecule has 0 spiro atoms. The molecular formula is H15AlCaKMgNaO4Si. The molecule has 0 saturated carbocycles. The van der Waals surface area contributed by atoms with Gasteiger partial charge in [0.05, 0.1) is 0 Å². The van der Waals surface area contributed by atoms with Crippen LogP contribution >= 0.6 is 0 Å². The molecule has 0 aliphatic heterocycles. The Hall–Kier alpha value is 5.25.